The van der Waals surface area contributed by atoms with Gasteiger partial charge in [-0.1, -0.05) is 41.4 Å². The number of rotatable bonds is 8. The summed E-state index contributed by atoms with van der Waals surface area (Å²) >= 11 is 11.9. The zero-order chi connectivity index (χ0) is 18.4. The molecule has 0 aliphatic rings. The largest absolute Gasteiger partial charge is 0.492 e. The SMILES string of the molecule is O=C(CCCOc1ccc(Cl)cc1Cl)NCCn1ccc2ccccc21. The molecule has 1 N–H and O–H groups in total. The number of ether oxygens (including phenoxy) is 1. The standard InChI is InChI=1S/C20H20Cl2N2O2/c21-16-7-8-19(17(22)14-16)26-13-3-6-20(25)23-10-12-24-11-9-15-4-1-2-5-18(15)24/h1-2,4-5,7-9,11,14H,3,6,10,12-13H2,(H,23,25). The Hall–Kier alpha value is -2.17. The molecule has 26 heavy (non-hydrogen) atoms. The Labute approximate surface area is 162 Å². The van der Waals surface area contributed by atoms with E-state index in [0.29, 0.717) is 41.8 Å². The summed E-state index contributed by atoms with van der Waals surface area (Å²) in [6.45, 7) is 1.77. The molecule has 1 heterocycles. The second kappa shape index (κ2) is 8.97. The fourth-order valence-electron chi connectivity index (χ4n) is 2.75. The van der Waals surface area contributed by atoms with Gasteiger partial charge in [-0.05, 0) is 42.1 Å². The Bertz CT molecular complexity index is 892. The van der Waals surface area contributed by atoms with Gasteiger partial charge in [0, 0.05) is 36.2 Å². The number of hydrogen-bond acceptors (Lipinski definition) is 2. The number of carbonyl (C=O) groups is 1. The lowest BCUT2D eigenvalue weighted by molar-refractivity contribution is -0.121. The van der Waals surface area contributed by atoms with Crippen LogP contribution in [0.4, 0.5) is 0 Å². The molecule has 1 amide bonds. The molecule has 136 valence electrons. The van der Waals surface area contributed by atoms with Crippen molar-refractivity contribution in [1.82, 2.24) is 9.88 Å². The van der Waals surface area contributed by atoms with Gasteiger partial charge in [0.15, 0.2) is 0 Å². The molecule has 0 radical (unpaired) electrons. The van der Waals surface area contributed by atoms with Gasteiger partial charge in [0.05, 0.1) is 11.6 Å². The Balaban J connectivity index is 1.35. The zero-order valence-electron chi connectivity index (χ0n) is 14.3. The summed E-state index contributed by atoms with van der Waals surface area (Å²) in [5, 5.41) is 5.19. The number of carbonyl (C=O) groups excluding carboxylic acids is 1. The van der Waals surface area contributed by atoms with E-state index >= 15 is 0 Å². The second-order valence-electron chi connectivity index (χ2n) is 5.94. The molecule has 0 aliphatic heterocycles. The molecule has 0 atom stereocenters. The Kier molecular flexibility index (Phi) is 6.42. The second-order valence-corrected chi connectivity index (χ2v) is 6.79. The number of benzene rings is 2. The van der Waals surface area contributed by atoms with Crippen molar-refractivity contribution in [2.24, 2.45) is 0 Å². The summed E-state index contributed by atoms with van der Waals surface area (Å²) in [5.74, 6) is 0.600. The van der Waals surface area contributed by atoms with E-state index in [-0.39, 0.29) is 5.91 Å². The molecular weight excluding hydrogens is 371 g/mol. The normalized spacial score (nSPS) is 10.8. The molecule has 0 fully saturated rings. The topological polar surface area (TPSA) is 43.3 Å². The minimum absolute atomic E-state index is 0.0206. The summed E-state index contributed by atoms with van der Waals surface area (Å²) in [4.78, 5) is 11.9. The fourth-order valence-corrected chi connectivity index (χ4v) is 3.21. The first-order valence-corrected chi connectivity index (χ1v) is 9.27. The van der Waals surface area contributed by atoms with Gasteiger partial charge in [0.1, 0.15) is 5.75 Å². The molecular formula is C20H20Cl2N2O2. The predicted molar refractivity (Wildman–Crippen MR) is 106 cm³/mol. The van der Waals surface area contributed by atoms with Crippen molar-refractivity contribution in [2.75, 3.05) is 13.2 Å². The molecule has 0 unspecified atom stereocenters. The third kappa shape index (κ3) is 4.93. The first-order valence-electron chi connectivity index (χ1n) is 8.52. The van der Waals surface area contributed by atoms with Crippen molar-refractivity contribution in [3.63, 3.8) is 0 Å². The van der Waals surface area contributed by atoms with Gasteiger partial charge in [0.25, 0.3) is 0 Å². The number of hydrogen-bond donors (Lipinski definition) is 1. The predicted octanol–water partition coefficient (Wildman–Crippen LogP) is 4.92. The number of fused-ring (bicyclic) bond motifs is 1. The van der Waals surface area contributed by atoms with Crippen LogP contribution in [0.2, 0.25) is 10.0 Å². The average Bonchev–Trinajstić information content (AvgIpc) is 3.03. The van der Waals surface area contributed by atoms with Crippen LogP contribution < -0.4 is 10.1 Å². The zero-order valence-corrected chi connectivity index (χ0v) is 15.8. The summed E-state index contributed by atoms with van der Waals surface area (Å²) in [5.41, 5.74) is 1.18. The van der Waals surface area contributed by atoms with Crippen molar-refractivity contribution >= 4 is 40.0 Å². The Morgan fingerprint density at radius 2 is 1.96 bits per heavy atom. The van der Waals surface area contributed by atoms with Gasteiger partial charge in [-0.2, -0.15) is 0 Å². The highest BCUT2D eigenvalue weighted by atomic mass is 35.5. The van der Waals surface area contributed by atoms with E-state index in [1.54, 1.807) is 18.2 Å². The molecule has 3 rings (SSSR count). The summed E-state index contributed by atoms with van der Waals surface area (Å²) in [6.07, 6.45) is 3.08. The van der Waals surface area contributed by atoms with Crippen LogP contribution in [0.25, 0.3) is 10.9 Å². The van der Waals surface area contributed by atoms with Crippen LogP contribution in [0.1, 0.15) is 12.8 Å². The number of nitrogens with one attached hydrogen (secondary N) is 1. The quantitative estimate of drug-likeness (QED) is 0.554. The minimum Gasteiger partial charge on any atom is -0.492 e. The van der Waals surface area contributed by atoms with Crippen LogP contribution in [0, 0.1) is 0 Å². The highest BCUT2D eigenvalue weighted by Crippen LogP contribution is 2.27. The van der Waals surface area contributed by atoms with Crippen molar-refractivity contribution in [1.29, 1.82) is 0 Å². The van der Waals surface area contributed by atoms with Gasteiger partial charge in [0.2, 0.25) is 5.91 Å². The van der Waals surface area contributed by atoms with Crippen molar-refractivity contribution < 1.29 is 9.53 Å². The lowest BCUT2D eigenvalue weighted by atomic mass is 10.2. The van der Waals surface area contributed by atoms with Crippen LogP contribution in [-0.2, 0) is 11.3 Å². The molecule has 3 aromatic rings. The van der Waals surface area contributed by atoms with E-state index < -0.39 is 0 Å². The van der Waals surface area contributed by atoms with Crippen LogP contribution in [0.15, 0.2) is 54.7 Å². The van der Waals surface area contributed by atoms with Gasteiger partial charge in [-0.15, -0.1) is 0 Å². The van der Waals surface area contributed by atoms with Crippen LogP contribution in [-0.4, -0.2) is 23.6 Å². The van der Waals surface area contributed by atoms with E-state index in [1.165, 1.54) is 10.9 Å². The molecule has 0 saturated carbocycles. The van der Waals surface area contributed by atoms with Gasteiger partial charge >= 0.3 is 0 Å². The van der Waals surface area contributed by atoms with E-state index in [2.05, 4.69) is 28.1 Å². The Morgan fingerprint density at radius 1 is 1.12 bits per heavy atom. The van der Waals surface area contributed by atoms with E-state index in [4.69, 9.17) is 27.9 Å². The maximum absolute atomic E-state index is 11.9. The number of aromatic nitrogens is 1. The first-order chi connectivity index (χ1) is 12.6. The van der Waals surface area contributed by atoms with Crippen LogP contribution >= 0.6 is 23.2 Å². The molecule has 2 aromatic carbocycles. The van der Waals surface area contributed by atoms with Crippen LogP contribution in [0.5, 0.6) is 5.75 Å². The lowest BCUT2D eigenvalue weighted by Gasteiger charge is -2.09. The third-order valence-corrected chi connectivity index (χ3v) is 4.59. The van der Waals surface area contributed by atoms with Crippen molar-refractivity contribution in [3.05, 3.63) is 64.8 Å². The Morgan fingerprint density at radius 3 is 2.81 bits per heavy atom. The molecule has 0 saturated heterocycles. The molecule has 0 bridgehead atoms. The minimum atomic E-state index is 0.0206. The molecule has 0 spiro atoms. The van der Waals surface area contributed by atoms with Crippen LogP contribution in [0.3, 0.4) is 0 Å². The maximum atomic E-state index is 11.9. The first kappa shape index (κ1) is 18.6. The fraction of sp³-hybridized carbons (Fsp3) is 0.250. The number of halogens is 2. The smallest absolute Gasteiger partial charge is 0.220 e. The summed E-state index contributed by atoms with van der Waals surface area (Å²) < 4.78 is 7.72. The third-order valence-electron chi connectivity index (χ3n) is 4.05. The maximum Gasteiger partial charge on any atom is 0.220 e. The summed E-state index contributed by atoms with van der Waals surface area (Å²) in [7, 11) is 0. The van der Waals surface area contributed by atoms with Gasteiger partial charge in [-0.25, -0.2) is 0 Å². The number of amides is 1. The van der Waals surface area contributed by atoms with Gasteiger partial charge < -0.3 is 14.6 Å². The molecule has 6 heteroatoms. The highest BCUT2D eigenvalue weighted by molar-refractivity contribution is 6.35. The van der Waals surface area contributed by atoms with E-state index in [9.17, 15) is 4.79 Å². The lowest BCUT2D eigenvalue weighted by Crippen LogP contribution is -2.27. The van der Waals surface area contributed by atoms with E-state index in [0.717, 1.165) is 6.54 Å². The average molecular weight is 391 g/mol. The molecule has 0 aliphatic carbocycles. The highest BCUT2D eigenvalue weighted by Gasteiger charge is 2.05. The van der Waals surface area contributed by atoms with Gasteiger partial charge in [-0.3, -0.25) is 4.79 Å². The molecule has 4 nitrogen and oxygen atoms in total. The van der Waals surface area contributed by atoms with Crippen molar-refractivity contribution in [2.45, 2.75) is 19.4 Å². The summed E-state index contributed by atoms with van der Waals surface area (Å²) in [6, 6.07) is 15.4. The molecule has 1 aromatic heterocycles. The number of para-hydroxylation sites is 1. The van der Waals surface area contributed by atoms with Crippen molar-refractivity contribution in [3.8, 4) is 5.75 Å². The number of nitrogens with zero attached hydrogens (tertiary/aromatic N) is 1. The van der Waals surface area contributed by atoms with E-state index in [1.807, 2.05) is 18.3 Å². The monoisotopic (exact) mass is 390 g/mol.